The number of primary sulfonamides is 1. The molecule has 1 aromatic heterocycles. The zero-order chi connectivity index (χ0) is 18.6. The Morgan fingerprint density at radius 3 is 2.60 bits per heavy atom. The predicted molar refractivity (Wildman–Crippen MR) is 91.7 cm³/mol. The minimum atomic E-state index is -4.03. The van der Waals surface area contributed by atoms with Gasteiger partial charge in [-0.15, -0.1) is 0 Å². The molecule has 0 aliphatic rings. The van der Waals surface area contributed by atoms with Crippen molar-refractivity contribution in [2.75, 3.05) is 0 Å². The highest BCUT2D eigenvalue weighted by Crippen LogP contribution is 2.22. The Hall–Kier alpha value is -2.32. The minimum Gasteiger partial charge on any atom is -0.345 e. The number of aromatic nitrogens is 1. The molecule has 25 heavy (non-hydrogen) atoms. The number of hydrogen-bond donors (Lipinski definition) is 2. The third-order valence-electron chi connectivity index (χ3n) is 3.61. The average molecular weight is 365 g/mol. The molecule has 0 saturated carbocycles. The van der Waals surface area contributed by atoms with E-state index < -0.39 is 21.7 Å². The van der Waals surface area contributed by atoms with Crippen LogP contribution in [0.2, 0.25) is 0 Å². The molecule has 1 amide bonds. The summed E-state index contributed by atoms with van der Waals surface area (Å²) in [6.45, 7) is 4.00. The molecule has 2 aromatic rings. The fraction of sp³-hybridized carbons (Fsp3) is 0.294. The molecule has 8 heteroatoms. The number of nitrogens with one attached hydrogen (secondary N) is 1. The van der Waals surface area contributed by atoms with Gasteiger partial charge in [-0.05, 0) is 42.2 Å². The number of rotatable bonds is 6. The summed E-state index contributed by atoms with van der Waals surface area (Å²) in [6, 6.07) is 6.06. The van der Waals surface area contributed by atoms with Crippen molar-refractivity contribution in [1.29, 1.82) is 0 Å². The highest BCUT2D eigenvalue weighted by atomic mass is 32.2. The van der Waals surface area contributed by atoms with Crippen molar-refractivity contribution in [2.24, 2.45) is 11.1 Å². The van der Waals surface area contributed by atoms with Crippen molar-refractivity contribution in [2.45, 2.75) is 31.2 Å². The Morgan fingerprint density at radius 2 is 2.04 bits per heavy atom. The van der Waals surface area contributed by atoms with E-state index in [0.29, 0.717) is 6.42 Å². The molecule has 0 unspecified atom stereocenters. The average Bonchev–Trinajstić information content (AvgIpc) is 2.53. The normalized spacial score (nSPS) is 12.8. The van der Waals surface area contributed by atoms with Crippen LogP contribution in [0.1, 0.15) is 42.2 Å². The Kier molecular flexibility index (Phi) is 5.86. The van der Waals surface area contributed by atoms with Gasteiger partial charge in [-0.3, -0.25) is 9.78 Å². The fourth-order valence-electron chi connectivity index (χ4n) is 2.42. The summed E-state index contributed by atoms with van der Waals surface area (Å²) in [6.07, 6.45) is 3.87. The Bertz CT molecular complexity index is 855. The maximum Gasteiger partial charge on any atom is 0.254 e. The van der Waals surface area contributed by atoms with Gasteiger partial charge in [0.25, 0.3) is 5.91 Å². The number of nitrogens with zero attached hydrogens (tertiary/aromatic N) is 1. The second-order valence-corrected chi connectivity index (χ2v) is 7.69. The van der Waals surface area contributed by atoms with Crippen molar-refractivity contribution in [3.8, 4) is 0 Å². The van der Waals surface area contributed by atoms with E-state index in [0.717, 1.165) is 23.8 Å². The van der Waals surface area contributed by atoms with Gasteiger partial charge in [0.15, 0.2) is 0 Å². The SMILES string of the molecule is CC(C)C[C@H](NC(=O)c1cc(S(N)(=O)=O)ccc1F)c1cccnc1. The lowest BCUT2D eigenvalue weighted by Crippen LogP contribution is -2.30. The summed E-state index contributed by atoms with van der Waals surface area (Å²) < 4.78 is 36.9. The van der Waals surface area contributed by atoms with Crippen LogP contribution in [-0.2, 0) is 10.0 Å². The van der Waals surface area contributed by atoms with E-state index in [2.05, 4.69) is 10.3 Å². The van der Waals surface area contributed by atoms with Crippen LogP contribution in [0.15, 0.2) is 47.6 Å². The summed E-state index contributed by atoms with van der Waals surface area (Å²) in [5.41, 5.74) is 0.414. The molecule has 134 valence electrons. The first-order valence-electron chi connectivity index (χ1n) is 7.71. The van der Waals surface area contributed by atoms with E-state index in [1.165, 1.54) is 0 Å². The lowest BCUT2D eigenvalue weighted by atomic mass is 9.98. The van der Waals surface area contributed by atoms with Gasteiger partial charge in [-0.25, -0.2) is 17.9 Å². The molecule has 1 aromatic carbocycles. The molecule has 0 bridgehead atoms. The van der Waals surface area contributed by atoms with E-state index in [4.69, 9.17) is 5.14 Å². The number of pyridine rings is 1. The molecule has 6 nitrogen and oxygen atoms in total. The topological polar surface area (TPSA) is 102 Å². The largest absolute Gasteiger partial charge is 0.345 e. The maximum absolute atomic E-state index is 14.0. The van der Waals surface area contributed by atoms with Gasteiger partial charge in [0.1, 0.15) is 5.82 Å². The first-order valence-corrected chi connectivity index (χ1v) is 9.26. The number of carbonyl (C=O) groups excluding carboxylic acids is 1. The molecular formula is C17H20FN3O3S. The van der Waals surface area contributed by atoms with E-state index in [1.807, 2.05) is 19.9 Å². The molecule has 0 radical (unpaired) electrons. The first-order chi connectivity index (χ1) is 11.7. The van der Waals surface area contributed by atoms with E-state index >= 15 is 0 Å². The van der Waals surface area contributed by atoms with E-state index in [1.54, 1.807) is 18.5 Å². The zero-order valence-electron chi connectivity index (χ0n) is 13.9. The van der Waals surface area contributed by atoms with Gasteiger partial charge in [-0.2, -0.15) is 0 Å². The smallest absolute Gasteiger partial charge is 0.254 e. The standard InChI is InChI=1S/C17H20FN3O3S/c1-11(2)8-16(12-4-3-7-20-10-12)21-17(22)14-9-13(25(19,23)24)5-6-15(14)18/h3-7,9-11,16H,8H2,1-2H3,(H,21,22)(H2,19,23,24)/t16-/m0/s1. The van der Waals surface area contributed by atoms with Crippen LogP contribution >= 0.6 is 0 Å². The first kappa shape index (κ1) is 19.0. The summed E-state index contributed by atoms with van der Waals surface area (Å²) >= 11 is 0. The van der Waals surface area contributed by atoms with Gasteiger partial charge < -0.3 is 5.32 Å². The van der Waals surface area contributed by atoms with Crippen molar-refractivity contribution >= 4 is 15.9 Å². The van der Waals surface area contributed by atoms with Crippen molar-refractivity contribution in [3.05, 3.63) is 59.7 Å². The molecule has 1 atom stereocenters. The van der Waals surface area contributed by atoms with Crippen LogP contribution in [0.3, 0.4) is 0 Å². The summed E-state index contributed by atoms with van der Waals surface area (Å²) in [7, 11) is -4.03. The van der Waals surface area contributed by atoms with Gasteiger partial charge in [-0.1, -0.05) is 19.9 Å². The van der Waals surface area contributed by atoms with Gasteiger partial charge in [0.2, 0.25) is 10.0 Å². The molecule has 0 saturated heterocycles. The highest BCUT2D eigenvalue weighted by molar-refractivity contribution is 7.89. The quantitative estimate of drug-likeness (QED) is 0.820. The molecule has 3 N–H and O–H groups in total. The van der Waals surface area contributed by atoms with E-state index in [-0.39, 0.29) is 22.4 Å². The molecule has 0 spiro atoms. The summed E-state index contributed by atoms with van der Waals surface area (Å²) in [4.78, 5) is 16.2. The Morgan fingerprint density at radius 1 is 1.32 bits per heavy atom. The lowest BCUT2D eigenvalue weighted by Gasteiger charge is -2.21. The predicted octanol–water partition coefficient (Wildman–Crippen LogP) is 2.39. The second-order valence-electron chi connectivity index (χ2n) is 6.13. The van der Waals surface area contributed by atoms with Gasteiger partial charge in [0.05, 0.1) is 16.5 Å². The highest BCUT2D eigenvalue weighted by Gasteiger charge is 2.21. The van der Waals surface area contributed by atoms with Crippen LogP contribution in [-0.4, -0.2) is 19.3 Å². The Balaban J connectivity index is 2.32. The van der Waals surface area contributed by atoms with Crippen LogP contribution in [0.5, 0.6) is 0 Å². The number of sulfonamides is 1. The van der Waals surface area contributed by atoms with Gasteiger partial charge in [0, 0.05) is 12.4 Å². The molecule has 0 aliphatic carbocycles. The third-order valence-corrected chi connectivity index (χ3v) is 4.52. The third kappa shape index (κ3) is 5.07. The van der Waals surface area contributed by atoms with Crippen molar-refractivity contribution in [3.63, 3.8) is 0 Å². The Labute approximate surface area is 146 Å². The van der Waals surface area contributed by atoms with Crippen molar-refractivity contribution in [1.82, 2.24) is 10.3 Å². The lowest BCUT2D eigenvalue weighted by molar-refractivity contribution is 0.0927. The number of nitrogens with two attached hydrogens (primary N) is 1. The molecule has 0 fully saturated rings. The number of carbonyl (C=O) groups is 1. The van der Waals surface area contributed by atoms with Crippen LogP contribution in [0.4, 0.5) is 4.39 Å². The fourth-order valence-corrected chi connectivity index (χ4v) is 2.96. The number of amides is 1. The minimum absolute atomic E-state index is 0.270. The summed E-state index contributed by atoms with van der Waals surface area (Å²) in [5.74, 6) is -1.26. The number of halogens is 1. The number of benzene rings is 1. The summed E-state index contributed by atoms with van der Waals surface area (Å²) in [5, 5.41) is 7.79. The second kappa shape index (κ2) is 7.71. The monoisotopic (exact) mass is 365 g/mol. The zero-order valence-corrected chi connectivity index (χ0v) is 14.8. The van der Waals surface area contributed by atoms with Gasteiger partial charge >= 0.3 is 0 Å². The molecule has 0 aliphatic heterocycles. The van der Waals surface area contributed by atoms with Crippen LogP contribution in [0, 0.1) is 11.7 Å². The number of hydrogen-bond acceptors (Lipinski definition) is 4. The maximum atomic E-state index is 14.0. The van der Waals surface area contributed by atoms with Crippen LogP contribution in [0.25, 0.3) is 0 Å². The molecule has 1 heterocycles. The van der Waals surface area contributed by atoms with E-state index in [9.17, 15) is 17.6 Å². The molecule has 2 rings (SSSR count). The van der Waals surface area contributed by atoms with Crippen molar-refractivity contribution < 1.29 is 17.6 Å². The van der Waals surface area contributed by atoms with Crippen LogP contribution < -0.4 is 10.5 Å². The molecular weight excluding hydrogens is 345 g/mol.